The molecule has 16 heteroatoms. The van der Waals surface area contributed by atoms with Crippen molar-refractivity contribution in [3.63, 3.8) is 0 Å². The average Bonchev–Trinajstić information content (AvgIpc) is 3.70. The molecule has 1 heterocycles. The molecule has 1 aliphatic heterocycles. The number of carboxylic acid groups (broad SMARTS) is 1. The Labute approximate surface area is 382 Å². The Morgan fingerprint density at radius 2 is 1.56 bits per heavy atom. The first kappa shape index (κ1) is 56.0. The molecule has 6 N–H and O–H groups in total. The van der Waals surface area contributed by atoms with Gasteiger partial charge in [0.15, 0.2) is 0 Å². The average molecular weight is 903 g/mol. The number of nitrogens with zero attached hydrogens (tertiary/aromatic N) is 2. The highest BCUT2D eigenvalue weighted by Gasteiger charge is 2.44. The normalized spacial score (nSPS) is 18.0. The number of carboxylic acids is 1. The van der Waals surface area contributed by atoms with E-state index >= 15 is 0 Å². The molecule has 1 aromatic rings. The summed E-state index contributed by atoms with van der Waals surface area (Å²) >= 11 is 0. The molecule has 2 rings (SSSR count). The summed E-state index contributed by atoms with van der Waals surface area (Å²) in [6, 6.07) is 5.91. The van der Waals surface area contributed by atoms with Crippen LogP contribution in [0.15, 0.2) is 30.3 Å². The number of amides is 5. The Kier molecular flexibility index (Phi) is 21.9. The van der Waals surface area contributed by atoms with Crippen molar-refractivity contribution in [1.29, 1.82) is 0 Å². The molecule has 1 fully saturated rings. The quantitative estimate of drug-likeness (QED) is 0.0831. The topological polar surface area (TPSA) is 219 Å². The molecular weight excluding hydrogens is 821 g/mol. The minimum absolute atomic E-state index is 0.0700. The van der Waals surface area contributed by atoms with E-state index in [1.54, 1.807) is 49.8 Å². The number of likely N-dealkylation sites (N-methyl/N-ethyl adjacent to an activating group) is 1. The maximum atomic E-state index is 14.5. The van der Waals surface area contributed by atoms with E-state index in [1.165, 1.54) is 14.2 Å². The van der Waals surface area contributed by atoms with E-state index in [0.29, 0.717) is 45.3 Å². The summed E-state index contributed by atoms with van der Waals surface area (Å²) in [5.41, 5.74) is 4.55. The van der Waals surface area contributed by atoms with Gasteiger partial charge in [0, 0.05) is 52.8 Å². The van der Waals surface area contributed by atoms with Crippen LogP contribution in [0.2, 0.25) is 0 Å². The van der Waals surface area contributed by atoms with E-state index in [9.17, 15) is 33.9 Å². The van der Waals surface area contributed by atoms with Gasteiger partial charge in [-0.15, -0.1) is 0 Å². The van der Waals surface area contributed by atoms with Crippen LogP contribution in [-0.4, -0.2) is 138 Å². The van der Waals surface area contributed by atoms with Gasteiger partial charge in [-0.2, -0.15) is 0 Å². The lowest BCUT2D eigenvalue weighted by Gasteiger charge is -2.41. The Balaban J connectivity index is 2.20. The Hall–Kier alpha value is -4.12. The second-order valence-corrected chi connectivity index (χ2v) is 19.9. The molecule has 0 radical (unpaired) electrons. The zero-order valence-electron chi connectivity index (χ0n) is 41.2. The second-order valence-electron chi connectivity index (χ2n) is 19.9. The van der Waals surface area contributed by atoms with Crippen molar-refractivity contribution in [3.05, 3.63) is 35.9 Å². The Bertz CT molecular complexity index is 1680. The lowest BCUT2D eigenvalue weighted by atomic mass is 9.89. The van der Waals surface area contributed by atoms with Crippen molar-refractivity contribution in [3.8, 4) is 0 Å². The molecule has 0 saturated carbocycles. The predicted octanol–water partition coefficient (Wildman–Crippen LogP) is 4.46. The van der Waals surface area contributed by atoms with Gasteiger partial charge < -0.3 is 50.8 Å². The number of carbonyl (C=O) groups excluding carboxylic acids is 5. The number of carbonyl (C=O) groups is 6. The van der Waals surface area contributed by atoms with E-state index in [-0.39, 0.29) is 54.4 Å². The van der Waals surface area contributed by atoms with Gasteiger partial charge in [-0.25, -0.2) is 4.79 Å². The van der Waals surface area contributed by atoms with Gasteiger partial charge in [0.25, 0.3) is 0 Å². The molecule has 364 valence electrons. The number of rotatable bonds is 27. The van der Waals surface area contributed by atoms with Crippen LogP contribution in [0.3, 0.4) is 0 Å². The van der Waals surface area contributed by atoms with Crippen molar-refractivity contribution in [2.24, 2.45) is 23.5 Å². The lowest BCUT2D eigenvalue weighted by Crippen LogP contribution is -2.62. The number of likely N-dealkylation sites (tertiary alicyclic amines) is 1. The van der Waals surface area contributed by atoms with Crippen LogP contribution in [0.1, 0.15) is 127 Å². The molecule has 0 aromatic heterocycles. The third-order valence-electron chi connectivity index (χ3n) is 12.6. The number of aliphatic carboxylic acids is 1. The van der Waals surface area contributed by atoms with E-state index in [1.807, 2.05) is 73.6 Å². The summed E-state index contributed by atoms with van der Waals surface area (Å²) in [6.45, 7) is 21.1. The highest BCUT2D eigenvalue weighted by Crippen LogP contribution is 2.30. The lowest BCUT2D eigenvalue weighted by molar-refractivity contribution is -0.148. The summed E-state index contributed by atoms with van der Waals surface area (Å²) in [5.74, 6) is -4.34. The third kappa shape index (κ3) is 17.0. The van der Waals surface area contributed by atoms with Crippen LogP contribution in [-0.2, 0) is 49.4 Å². The van der Waals surface area contributed by atoms with Gasteiger partial charge in [-0.3, -0.25) is 24.0 Å². The maximum absolute atomic E-state index is 14.5. The molecular formula is C48H82N6O10. The number of ether oxygens (including phenoxy) is 3. The van der Waals surface area contributed by atoms with Gasteiger partial charge in [0.1, 0.15) is 17.6 Å². The van der Waals surface area contributed by atoms with Crippen molar-refractivity contribution in [1.82, 2.24) is 25.8 Å². The second kappa shape index (κ2) is 25.0. The van der Waals surface area contributed by atoms with Crippen molar-refractivity contribution in [2.45, 2.75) is 181 Å². The summed E-state index contributed by atoms with van der Waals surface area (Å²) in [7, 11) is 4.64. The van der Waals surface area contributed by atoms with E-state index in [4.69, 9.17) is 19.9 Å². The van der Waals surface area contributed by atoms with Crippen LogP contribution < -0.4 is 21.7 Å². The number of nitrogens with one attached hydrogen (secondary N) is 3. The fourth-order valence-corrected chi connectivity index (χ4v) is 8.26. The summed E-state index contributed by atoms with van der Waals surface area (Å²) in [4.78, 5) is 84.7. The highest BCUT2D eigenvalue weighted by molar-refractivity contribution is 5.94. The molecule has 16 nitrogen and oxygen atoms in total. The Morgan fingerprint density at radius 3 is 2.09 bits per heavy atom. The molecule has 1 unspecified atom stereocenters. The van der Waals surface area contributed by atoms with Gasteiger partial charge >= 0.3 is 5.97 Å². The fraction of sp³-hybridized carbons (Fsp3) is 0.750. The zero-order valence-corrected chi connectivity index (χ0v) is 41.2. The minimum Gasteiger partial charge on any atom is -0.480 e. The third-order valence-corrected chi connectivity index (χ3v) is 12.6. The molecule has 1 saturated heterocycles. The molecule has 5 amide bonds. The zero-order chi connectivity index (χ0) is 48.7. The highest BCUT2D eigenvalue weighted by atomic mass is 16.5. The standard InChI is InChI=1S/C48H82N6O10/c1-15-31(4)40(53(12)43(58)39(30(2)3)51-45(61)48(10,11)52-37(55)23-24-47(8,9)64-27-25-46(6,7)49)36(62-13)29-38(56)54-26-19-22-35(54)41(63-14)32(5)42(57)50-34(44(59)60)28-33-20-17-16-18-21-33/h16-18,20-21,30-32,34-36,39-41H,15,19,22-29,49H2,1-14H3,(H,50,57)(H,51,61)(H,52,55)(H,59,60)/t31-,32+,34-,35-,36+,39-,40?,41+/m0/s1. The van der Waals surface area contributed by atoms with Gasteiger partial charge in [-0.05, 0) is 84.6 Å². The molecule has 0 bridgehead atoms. The van der Waals surface area contributed by atoms with E-state index < -0.39 is 71.2 Å². The largest absolute Gasteiger partial charge is 0.480 e. The van der Waals surface area contributed by atoms with Crippen LogP contribution in [0.25, 0.3) is 0 Å². The molecule has 64 heavy (non-hydrogen) atoms. The maximum Gasteiger partial charge on any atom is 0.326 e. The first-order valence-electron chi connectivity index (χ1n) is 22.9. The smallest absolute Gasteiger partial charge is 0.326 e. The monoisotopic (exact) mass is 903 g/mol. The van der Waals surface area contributed by atoms with Gasteiger partial charge in [0.2, 0.25) is 29.5 Å². The van der Waals surface area contributed by atoms with E-state index in [0.717, 1.165) is 5.56 Å². The molecule has 0 aliphatic carbocycles. The van der Waals surface area contributed by atoms with E-state index in [2.05, 4.69) is 16.0 Å². The molecule has 1 aliphatic rings. The van der Waals surface area contributed by atoms with Crippen LogP contribution in [0, 0.1) is 17.8 Å². The van der Waals surface area contributed by atoms with Crippen LogP contribution >= 0.6 is 0 Å². The van der Waals surface area contributed by atoms with Crippen LogP contribution in [0.5, 0.6) is 0 Å². The molecule has 8 atom stereocenters. The predicted molar refractivity (Wildman–Crippen MR) is 247 cm³/mol. The molecule has 0 spiro atoms. The number of methoxy groups -OCH3 is 2. The number of hydrogen-bond donors (Lipinski definition) is 5. The number of nitrogens with two attached hydrogens (primary N) is 1. The summed E-state index contributed by atoms with van der Waals surface area (Å²) in [5, 5.41) is 18.3. The number of hydrogen-bond acceptors (Lipinski definition) is 10. The summed E-state index contributed by atoms with van der Waals surface area (Å²) in [6.07, 6.45) is 1.70. The number of benzene rings is 1. The molecule has 1 aromatic carbocycles. The van der Waals surface area contributed by atoms with Crippen molar-refractivity contribution in [2.75, 3.05) is 34.4 Å². The fourth-order valence-electron chi connectivity index (χ4n) is 8.26. The van der Waals surface area contributed by atoms with Crippen molar-refractivity contribution >= 4 is 35.5 Å². The minimum atomic E-state index is -1.35. The van der Waals surface area contributed by atoms with Crippen LogP contribution in [0.4, 0.5) is 0 Å². The summed E-state index contributed by atoms with van der Waals surface area (Å²) < 4.78 is 17.9. The first-order valence-corrected chi connectivity index (χ1v) is 22.9. The Morgan fingerprint density at radius 1 is 0.938 bits per heavy atom. The van der Waals surface area contributed by atoms with Gasteiger partial charge in [0.05, 0.1) is 42.2 Å². The SMILES string of the molecule is CC[C@H](C)C([C@@H](CC(=O)N1CCC[C@H]1[C@H](OC)[C@@H](C)C(=O)N[C@@H](Cc1ccccc1)C(=O)O)OC)N(C)C(=O)[C@@H](NC(=O)C(C)(C)NC(=O)CCC(C)(C)OCCC(C)(C)N)C(C)C. The van der Waals surface area contributed by atoms with Gasteiger partial charge in [-0.1, -0.05) is 71.4 Å². The first-order chi connectivity index (χ1) is 29.7. The van der Waals surface area contributed by atoms with Crippen molar-refractivity contribution < 1.29 is 48.1 Å².